The standard InChI is InChI=1S/C18H17F6IN2O2/c1-2-3-4-14(25)16(9-26-15(28)27-16)10-29-8-11-5-12(17(19,20)21)7-13(6-11)18(22,23)24/h2-7H,8-10H2,1H3,(H2,26,27,28)/b3-2-,14-4-. The number of urea groups is 1. The van der Waals surface area contributed by atoms with E-state index in [2.05, 4.69) is 10.6 Å². The molecule has 4 nitrogen and oxygen atoms in total. The number of carbonyl (C=O) groups excluding carboxylic acids is 1. The summed E-state index contributed by atoms with van der Waals surface area (Å²) in [6.45, 7) is 1.32. The largest absolute Gasteiger partial charge is 0.416 e. The first-order valence-corrected chi connectivity index (χ1v) is 9.36. The van der Waals surface area contributed by atoms with Crippen molar-refractivity contribution in [2.45, 2.75) is 31.4 Å². The Labute approximate surface area is 176 Å². The lowest BCUT2D eigenvalue weighted by Gasteiger charge is -2.27. The molecule has 1 aliphatic rings. The van der Waals surface area contributed by atoms with E-state index < -0.39 is 41.7 Å². The van der Waals surface area contributed by atoms with Crippen LogP contribution in [0.25, 0.3) is 0 Å². The zero-order chi connectivity index (χ0) is 21.9. The summed E-state index contributed by atoms with van der Waals surface area (Å²) in [5.41, 5.74) is -4.05. The average Bonchev–Trinajstić information content (AvgIpc) is 3.00. The summed E-state index contributed by atoms with van der Waals surface area (Å²) >= 11 is 1.99. The van der Waals surface area contributed by atoms with Gasteiger partial charge < -0.3 is 15.4 Å². The molecule has 1 aliphatic heterocycles. The maximum absolute atomic E-state index is 13.0. The molecule has 2 amide bonds. The minimum atomic E-state index is -4.93. The highest BCUT2D eigenvalue weighted by Gasteiger charge is 2.41. The molecule has 1 aromatic carbocycles. The molecule has 0 saturated carbocycles. The summed E-state index contributed by atoms with van der Waals surface area (Å²) in [5.74, 6) is 0. The maximum Gasteiger partial charge on any atom is 0.416 e. The zero-order valence-electron chi connectivity index (χ0n) is 15.0. The van der Waals surface area contributed by atoms with Gasteiger partial charge in [-0.1, -0.05) is 18.2 Å². The highest BCUT2D eigenvalue weighted by Crippen LogP contribution is 2.36. The number of rotatable bonds is 6. The smallest absolute Gasteiger partial charge is 0.374 e. The summed E-state index contributed by atoms with van der Waals surface area (Å²) in [5, 5.41) is 5.27. The second kappa shape index (κ2) is 8.94. The van der Waals surface area contributed by atoms with Gasteiger partial charge in [0.15, 0.2) is 0 Å². The Morgan fingerprint density at radius 2 is 1.76 bits per heavy atom. The number of nitrogens with one attached hydrogen (secondary N) is 2. The Hall–Kier alpha value is -1.76. The lowest BCUT2D eigenvalue weighted by atomic mass is 10.0. The van der Waals surface area contributed by atoms with Gasteiger partial charge in [0.2, 0.25) is 0 Å². The topological polar surface area (TPSA) is 50.4 Å². The third kappa shape index (κ3) is 6.11. The van der Waals surface area contributed by atoms with Crippen molar-refractivity contribution in [3.05, 3.63) is 56.7 Å². The van der Waals surface area contributed by atoms with Gasteiger partial charge in [0.05, 0.1) is 24.3 Å². The van der Waals surface area contributed by atoms with Crippen molar-refractivity contribution in [1.82, 2.24) is 10.6 Å². The van der Waals surface area contributed by atoms with Crippen LogP contribution in [0.2, 0.25) is 0 Å². The molecule has 1 atom stereocenters. The number of amides is 2. The molecule has 0 spiro atoms. The summed E-state index contributed by atoms with van der Waals surface area (Å²) in [4.78, 5) is 11.6. The first-order chi connectivity index (χ1) is 13.4. The van der Waals surface area contributed by atoms with Crippen molar-refractivity contribution in [2.75, 3.05) is 13.2 Å². The highest BCUT2D eigenvalue weighted by atomic mass is 127. The number of allylic oxidation sites excluding steroid dienone is 3. The van der Waals surface area contributed by atoms with E-state index in [4.69, 9.17) is 4.74 Å². The van der Waals surface area contributed by atoms with E-state index in [1.807, 2.05) is 22.6 Å². The Balaban J connectivity index is 2.22. The zero-order valence-corrected chi connectivity index (χ0v) is 17.2. The monoisotopic (exact) mass is 534 g/mol. The molecular formula is C18H17F6IN2O2. The number of hydrogen-bond acceptors (Lipinski definition) is 2. The van der Waals surface area contributed by atoms with Crippen LogP contribution < -0.4 is 10.6 Å². The quantitative estimate of drug-likeness (QED) is 0.300. The molecule has 2 N–H and O–H groups in total. The Morgan fingerprint density at radius 3 is 2.21 bits per heavy atom. The van der Waals surface area contributed by atoms with E-state index in [0.29, 0.717) is 15.7 Å². The molecule has 0 aromatic heterocycles. The van der Waals surface area contributed by atoms with Crippen LogP contribution in [0.4, 0.5) is 31.1 Å². The number of halogens is 7. The first-order valence-electron chi connectivity index (χ1n) is 8.28. The van der Waals surface area contributed by atoms with Crippen LogP contribution in [0.15, 0.2) is 40.0 Å². The van der Waals surface area contributed by atoms with Gasteiger partial charge in [0.25, 0.3) is 0 Å². The molecule has 1 fully saturated rings. The van der Waals surface area contributed by atoms with Gasteiger partial charge in [0, 0.05) is 10.1 Å². The average molecular weight is 534 g/mol. The van der Waals surface area contributed by atoms with Crippen molar-refractivity contribution < 1.29 is 35.9 Å². The Bertz CT molecular complexity index is 787. The highest BCUT2D eigenvalue weighted by molar-refractivity contribution is 14.1. The fourth-order valence-electron chi connectivity index (χ4n) is 2.62. The van der Waals surface area contributed by atoms with Crippen LogP contribution in [0, 0.1) is 0 Å². The molecule has 29 heavy (non-hydrogen) atoms. The van der Waals surface area contributed by atoms with Crippen molar-refractivity contribution >= 4 is 28.6 Å². The Morgan fingerprint density at radius 1 is 1.17 bits per heavy atom. The molecule has 1 unspecified atom stereocenters. The predicted molar refractivity (Wildman–Crippen MR) is 102 cm³/mol. The molecule has 0 bridgehead atoms. The van der Waals surface area contributed by atoms with E-state index >= 15 is 0 Å². The molecule has 1 aromatic rings. The minimum absolute atomic E-state index is 0.0643. The van der Waals surface area contributed by atoms with Gasteiger partial charge >= 0.3 is 18.4 Å². The summed E-state index contributed by atoms with van der Waals surface area (Å²) < 4.78 is 83.8. The van der Waals surface area contributed by atoms with Crippen LogP contribution in [-0.4, -0.2) is 24.7 Å². The van der Waals surface area contributed by atoms with Crippen LogP contribution in [-0.2, 0) is 23.7 Å². The summed E-state index contributed by atoms with van der Waals surface area (Å²) in [7, 11) is 0. The predicted octanol–water partition coefficient (Wildman–Crippen LogP) is 5.19. The summed E-state index contributed by atoms with van der Waals surface area (Å²) in [6, 6.07) is 0.853. The van der Waals surface area contributed by atoms with E-state index in [1.165, 1.54) is 0 Å². The van der Waals surface area contributed by atoms with Crippen LogP contribution in [0.5, 0.6) is 0 Å². The van der Waals surface area contributed by atoms with Crippen LogP contribution in [0.3, 0.4) is 0 Å². The van der Waals surface area contributed by atoms with Crippen LogP contribution in [0.1, 0.15) is 23.6 Å². The van der Waals surface area contributed by atoms with Gasteiger partial charge in [-0.25, -0.2) is 4.79 Å². The van der Waals surface area contributed by atoms with E-state index in [0.717, 1.165) is 0 Å². The van der Waals surface area contributed by atoms with Crippen molar-refractivity contribution in [3.63, 3.8) is 0 Å². The molecular weight excluding hydrogens is 517 g/mol. The van der Waals surface area contributed by atoms with Gasteiger partial charge in [0.1, 0.15) is 5.54 Å². The molecule has 11 heteroatoms. The molecule has 1 saturated heterocycles. The molecule has 0 aliphatic carbocycles. The molecule has 160 valence electrons. The van der Waals surface area contributed by atoms with Gasteiger partial charge in [-0.15, -0.1) is 0 Å². The first kappa shape index (κ1) is 23.5. The lowest BCUT2D eigenvalue weighted by Crippen LogP contribution is -2.48. The fraction of sp³-hybridized carbons (Fsp3) is 0.389. The number of alkyl halides is 6. The third-order valence-corrected chi connectivity index (χ3v) is 5.45. The van der Waals surface area contributed by atoms with Crippen molar-refractivity contribution in [3.8, 4) is 0 Å². The minimum Gasteiger partial charge on any atom is -0.374 e. The fourth-order valence-corrected chi connectivity index (χ4v) is 3.31. The molecule has 1 heterocycles. The third-order valence-electron chi connectivity index (χ3n) is 4.06. The van der Waals surface area contributed by atoms with Gasteiger partial charge in [-0.05, 0) is 53.3 Å². The second-order valence-corrected chi connectivity index (χ2v) is 7.50. The normalized spacial score (nSPS) is 20.8. The van der Waals surface area contributed by atoms with E-state index in [9.17, 15) is 31.1 Å². The molecule has 2 rings (SSSR count). The number of benzene rings is 1. The lowest BCUT2D eigenvalue weighted by molar-refractivity contribution is -0.143. The van der Waals surface area contributed by atoms with Crippen LogP contribution >= 0.6 is 22.6 Å². The second-order valence-electron chi connectivity index (χ2n) is 6.34. The Kier molecular flexibility index (Phi) is 7.25. The summed E-state index contributed by atoms with van der Waals surface area (Å²) in [6.07, 6.45) is -4.63. The van der Waals surface area contributed by atoms with Crippen molar-refractivity contribution in [2.24, 2.45) is 0 Å². The number of ether oxygens (including phenoxy) is 1. The SMILES string of the molecule is C/C=C\C=C(/I)C1(COCc2cc(C(F)(F)F)cc(C(F)(F)F)c2)CNC(=O)N1. The van der Waals surface area contributed by atoms with Crippen molar-refractivity contribution in [1.29, 1.82) is 0 Å². The number of carbonyl (C=O) groups is 1. The van der Waals surface area contributed by atoms with Gasteiger partial charge in [-0.2, -0.15) is 26.3 Å². The maximum atomic E-state index is 13.0. The number of hydrogen-bond donors (Lipinski definition) is 2. The van der Waals surface area contributed by atoms with E-state index in [1.54, 1.807) is 25.2 Å². The van der Waals surface area contributed by atoms with Gasteiger partial charge in [-0.3, -0.25) is 0 Å². The van der Waals surface area contributed by atoms with E-state index in [-0.39, 0.29) is 24.8 Å². The molecule has 0 radical (unpaired) electrons.